The average molecular weight is 360 g/mol. The highest BCUT2D eigenvalue weighted by Crippen LogP contribution is 2.19. The van der Waals surface area contributed by atoms with E-state index in [9.17, 15) is 0 Å². The van der Waals surface area contributed by atoms with Crippen LogP contribution in [0.1, 0.15) is 5.69 Å². The van der Waals surface area contributed by atoms with Crippen LogP contribution in [0.15, 0.2) is 36.8 Å². The van der Waals surface area contributed by atoms with Crippen molar-refractivity contribution >= 4 is 51.7 Å². The van der Waals surface area contributed by atoms with Gasteiger partial charge in [-0.15, -0.1) is 17.2 Å². The van der Waals surface area contributed by atoms with Crippen molar-refractivity contribution in [3.63, 3.8) is 0 Å². The largest absolute Gasteiger partial charge is 0.328 e. The van der Waals surface area contributed by atoms with Crippen LogP contribution in [-0.2, 0) is 0 Å². The van der Waals surface area contributed by atoms with Gasteiger partial charge >= 0.3 is 0 Å². The summed E-state index contributed by atoms with van der Waals surface area (Å²) >= 11 is 0. The lowest BCUT2D eigenvalue weighted by Gasteiger charge is -2.12. The first-order valence-electron chi connectivity index (χ1n) is 9.12. The van der Waals surface area contributed by atoms with Crippen LogP contribution >= 0.6 is 0 Å². The fourth-order valence-corrected chi connectivity index (χ4v) is 4.21. The molecule has 0 amide bonds. The second kappa shape index (κ2) is 5.30. The summed E-state index contributed by atoms with van der Waals surface area (Å²) in [6, 6.07) is 4.09. The Bertz CT molecular complexity index is 1690. The van der Waals surface area contributed by atoms with Gasteiger partial charge in [-0.25, -0.2) is 18.6 Å². The molecule has 0 aliphatic heterocycles. The zero-order valence-electron chi connectivity index (χ0n) is 15.1. The monoisotopic (exact) mass is 360 g/mol. The molecule has 0 radical (unpaired) electrons. The molecule has 4 aromatic rings. The van der Waals surface area contributed by atoms with Crippen molar-refractivity contribution in [3.8, 4) is 0 Å². The predicted octanol–water partition coefficient (Wildman–Crippen LogP) is -0.283. The van der Waals surface area contributed by atoms with Crippen LogP contribution in [0.3, 0.4) is 0 Å². The van der Waals surface area contributed by atoms with Gasteiger partial charge in [-0.3, -0.25) is 8.49 Å². The molecule has 28 heavy (non-hydrogen) atoms. The van der Waals surface area contributed by atoms with Gasteiger partial charge < -0.3 is 9.97 Å². The van der Waals surface area contributed by atoms with Crippen molar-refractivity contribution in [3.05, 3.63) is 89.9 Å². The minimum atomic E-state index is 0.927. The molecule has 0 fully saturated rings. The zero-order valence-corrected chi connectivity index (χ0v) is 15.1. The quantitative estimate of drug-likeness (QED) is 0.319. The van der Waals surface area contributed by atoms with E-state index in [0.717, 1.165) is 43.8 Å². The molecule has 134 valence electrons. The molecule has 6 rings (SSSR count). The number of nitrogens with zero attached hydrogens (tertiary/aromatic N) is 4. The topological polar surface area (TPSA) is 37.6 Å². The van der Waals surface area contributed by atoms with E-state index in [4.69, 9.17) is 4.98 Å². The first kappa shape index (κ1) is 15.2. The standard InChI is InChI=1S/C24H16N4/c1-27-21-6-4-3-5-16(21)17-11-15(7-8-22(17)27)20-12-24-19(14-26-20)18-13-25-10-9-23(18)28(24)2/h3-14H,1-2H2/q-2. The number of fused-ring (bicyclic) bond motifs is 6. The third-order valence-electron chi connectivity index (χ3n) is 5.62. The number of aromatic nitrogens is 4. The Hall–Kier alpha value is -3.92. The summed E-state index contributed by atoms with van der Waals surface area (Å²) in [5, 5.41) is 6.57. The summed E-state index contributed by atoms with van der Waals surface area (Å²) in [6.07, 6.45) is 20.4. The average Bonchev–Trinajstić information content (AvgIpc) is 3.20. The maximum absolute atomic E-state index is 4.74. The van der Waals surface area contributed by atoms with Crippen molar-refractivity contribution in [1.29, 1.82) is 0 Å². The van der Waals surface area contributed by atoms with Gasteiger partial charge in [-0.2, -0.15) is 17.4 Å². The second-order valence-corrected chi connectivity index (χ2v) is 7.08. The Morgan fingerprint density at radius 2 is 2.04 bits per heavy atom. The van der Waals surface area contributed by atoms with Crippen molar-refractivity contribution < 1.29 is 8.49 Å². The number of allylic oxidation sites excluding steroid dienone is 1. The van der Waals surface area contributed by atoms with Gasteiger partial charge in [-0.1, -0.05) is 6.08 Å². The van der Waals surface area contributed by atoms with Crippen LogP contribution in [0.2, 0.25) is 0 Å². The van der Waals surface area contributed by atoms with Crippen LogP contribution in [0.25, 0.3) is 51.7 Å². The second-order valence-electron chi connectivity index (χ2n) is 7.08. The van der Waals surface area contributed by atoms with Gasteiger partial charge in [0.1, 0.15) is 11.0 Å². The molecule has 4 aromatic heterocycles. The van der Waals surface area contributed by atoms with Gasteiger partial charge in [0.2, 0.25) is 0 Å². The maximum Gasteiger partial charge on any atom is 0.150 e. The lowest BCUT2D eigenvalue weighted by Crippen LogP contribution is -2.44. The third-order valence-corrected chi connectivity index (χ3v) is 5.62. The molecule has 2 aliphatic rings. The Labute approximate surface area is 160 Å². The van der Waals surface area contributed by atoms with E-state index >= 15 is 0 Å². The van der Waals surface area contributed by atoms with Crippen molar-refractivity contribution in [2.45, 2.75) is 0 Å². The molecule has 0 N–H and O–H groups in total. The summed E-state index contributed by atoms with van der Waals surface area (Å²) in [4.78, 5) is 8.99. The first-order chi connectivity index (χ1) is 13.7. The Kier molecular flexibility index (Phi) is 2.87. The van der Waals surface area contributed by atoms with Crippen molar-refractivity contribution in [2.24, 2.45) is 0 Å². The highest BCUT2D eigenvalue weighted by Gasteiger charge is 2.07. The zero-order chi connectivity index (χ0) is 18.8. The van der Waals surface area contributed by atoms with E-state index in [0.29, 0.717) is 0 Å². The molecule has 0 spiro atoms. The molecule has 0 saturated carbocycles. The van der Waals surface area contributed by atoms with Crippen LogP contribution in [0.4, 0.5) is 0 Å². The normalized spacial score (nSPS) is 16.4. The summed E-state index contributed by atoms with van der Waals surface area (Å²) in [5.41, 5.74) is 4.31. The molecule has 0 aromatic carbocycles. The van der Waals surface area contributed by atoms with E-state index in [2.05, 4.69) is 61.6 Å². The molecular weight excluding hydrogens is 344 g/mol. The van der Waals surface area contributed by atoms with Gasteiger partial charge in [-0.05, 0) is 46.8 Å². The van der Waals surface area contributed by atoms with Crippen LogP contribution in [0.5, 0.6) is 0 Å². The Morgan fingerprint density at radius 1 is 1.11 bits per heavy atom. The highest BCUT2D eigenvalue weighted by molar-refractivity contribution is 6.03. The molecule has 0 bridgehead atoms. The summed E-state index contributed by atoms with van der Waals surface area (Å²) in [5.74, 6) is 0. The van der Waals surface area contributed by atoms with E-state index in [1.54, 1.807) is 6.20 Å². The summed E-state index contributed by atoms with van der Waals surface area (Å²) < 4.78 is 3.95. The molecule has 0 saturated heterocycles. The van der Waals surface area contributed by atoms with Crippen LogP contribution < -0.4 is 29.6 Å². The number of pyridine rings is 2. The maximum atomic E-state index is 4.74. The Balaban J connectivity index is 1.70. The molecule has 0 atom stereocenters. The molecule has 0 unspecified atom stereocenters. The molecular formula is C24H16N4-2. The highest BCUT2D eigenvalue weighted by atomic mass is 14.8. The van der Waals surface area contributed by atoms with Gasteiger partial charge in [0.05, 0.1) is 18.8 Å². The first-order valence-corrected chi connectivity index (χ1v) is 9.12. The van der Waals surface area contributed by atoms with Crippen molar-refractivity contribution in [1.82, 2.24) is 9.97 Å². The SMILES string of the molecule is C=[n+]1c2c(c3[c-]1C=C[CH-]C=3)=CC(=c1cc3c(cn1)c1cncc[c-]1[n+]3=C)[CH-]C=2. The lowest BCUT2D eigenvalue weighted by atomic mass is 10.0. The third kappa shape index (κ3) is 1.89. The van der Waals surface area contributed by atoms with E-state index < -0.39 is 0 Å². The summed E-state index contributed by atoms with van der Waals surface area (Å²) in [7, 11) is 0. The number of rotatable bonds is 0. The fraction of sp³-hybridized carbons (Fsp3) is 0. The van der Waals surface area contributed by atoms with Crippen molar-refractivity contribution in [2.75, 3.05) is 0 Å². The predicted molar refractivity (Wildman–Crippen MR) is 110 cm³/mol. The van der Waals surface area contributed by atoms with Gasteiger partial charge in [0.15, 0.2) is 0 Å². The molecule has 4 heterocycles. The number of hydrogen-bond donors (Lipinski definition) is 0. The molecule has 2 aliphatic carbocycles. The summed E-state index contributed by atoms with van der Waals surface area (Å²) in [6.45, 7) is 8.41. The van der Waals surface area contributed by atoms with Gasteiger partial charge in [0.25, 0.3) is 0 Å². The molecule has 4 heteroatoms. The Morgan fingerprint density at radius 3 is 2.96 bits per heavy atom. The fourth-order valence-electron chi connectivity index (χ4n) is 4.21. The van der Waals surface area contributed by atoms with E-state index in [1.165, 1.54) is 10.4 Å². The van der Waals surface area contributed by atoms with E-state index in [-0.39, 0.29) is 0 Å². The smallest absolute Gasteiger partial charge is 0.150 e. The minimum Gasteiger partial charge on any atom is -0.328 e. The number of hydrogen-bond acceptors (Lipinski definition) is 2. The minimum absolute atomic E-state index is 0.927. The van der Waals surface area contributed by atoms with Crippen LogP contribution in [0, 0.1) is 26.3 Å². The van der Waals surface area contributed by atoms with Crippen LogP contribution in [-0.4, -0.2) is 9.97 Å². The van der Waals surface area contributed by atoms with E-state index in [1.807, 2.05) is 33.0 Å². The molecule has 4 nitrogen and oxygen atoms in total. The lowest BCUT2D eigenvalue weighted by molar-refractivity contribution is -0.512. The van der Waals surface area contributed by atoms with Gasteiger partial charge in [0, 0.05) is 5.69 Å².